The molecule has 0 bridgehead atoms. The minimum Gasteiger partial charge on any atom is -0.472 e. The number of carbonyl (C=O) groups is 1. The minimum atomic E-state index is -0.845. The van der Waals surface area contributed by atoms with Gasteiger partial charge >= 0.3 is 5.97 Å². The van der Waals surface area contributed by atoms with Gasteiger partial charge in [-0.05, 0) is 13.3 Å². The van der Waals surface area contributed by atoms with Gasteiger partial charge in [-0.1, -0.05) is 11.6 Å². The van der Waals surface area contributed by atoms with Crippen molar-refractivity contribution in [3.05, 3.63) is 23.5 Å². The Bertz CT molecular complexity index is 348. The second kappa shape index (κ2) is 5.66. The van der Waals surface area contributed by atoms with Crippen molar-refractivity contribution in [3.8, 4) is 0 Å². The van der Waals surface area contributed by atoms with Crippen LogP contribution in [0.25, 0.3) is 0 Å². The SMILES string of the molecule is COC(=O)C1=COC(O)C2C(C)=CCC12.[Ac]. The van der Waals surface area contributed by atoms with Crippen molar-refractivity contribution in [2.45, 2.75) is 19.6 Å². The second-order valence-corrected chi connectivity index (χ2v) is 3.91. The largest absolute Gasteiger partial charge is 0.472 e. The van der Waals surface area contributed by atoms with Crippen LogP contribution in [-0.2, 0) is 14.3 Å². The van der Waals surface area contributed by atoms with Crippen LogP contribution in [0.5, 0.6) is 0 Å². The van der Waals surface area contributed by atoms with Crippen LogP contribution in [-0.4, -0.2) is 24.5 Å². The molecule has 3 atom stereocenters. The van der Waals surface area contributed by atoms with Crippen LogP contribution in [0.1, 0.15) is 13.3 Å². The zero-order chi connectivity index (χ0) is 11.0. The fourth-order valence-corrected chi connectivity index (χ4v) is 2.29. The number of aliphatic hydroxyl groups is 1. The number of rotatable bonds is 1. The number of esters is 1. The van der Waals surface area contributed by atoms with Crippen LogP contribution in [0.3, 0.4) is 0 Å². The van der Waals surface area contributed by atoms with Gasteiger partial charge in [-0.2, -0.15) is 0 Å². The first-order valence-corrected chi connectivity index (χ1v) is 4.93. The maximum Gasteiger partial charge on any atom is 0.337 e. The Kier molecular flexibility index (Phi) is 5.03. The molecule has 0 spiro atoms. The van der Waals surface area contributed by atoms with E-state index in [-0.39, 0.29) is 61.9 Å². The van der Waals surface area contributed by atoms with Crippen molar-refractivity contribution >= 4 is 5.97 Å². The van der Waals surface area contributed by atoms with Crippen LogP contribution < -0.4 is 0 Å². The predicted octanol–water partition coefficient (Wildman–Crippen LogP) is 0.974. The number of ether oxygens (including phenoxy) is 2. The summed E-state index contributed by atoms with van der Waals surface area (Å²) in [5, 5.41) is 9.66. The molecule has 0 fully saturated rings. The summed E-state index contributed by atoms with van der Waals surface area (Å²) in [5.41, 5.74) is 1.59. The van der Waals surface area contributed by atoms with E-state index < -0.39 is 6.29 Å². The molecule has 0 saturated heterocycles. The average molecular weight is 437 g/mol. The average Bonchev–Trinajstić information content (AvgIpc) is 2.61. The van der Waals surface area contributed by atoms with Crippen LogP contribution in [0.4, 0.5) is 0 Å². The molecular formula is C11H14AcO4. The molecular weight excluding hydrogens is 423 g/mol. The Labute approximate surface area is 130 Å². The van der Waals surface area contributed by atoms with Gasteiger partial charge in [0, 0.05) is 55.9 Å². The Morgan fingerprint density at radius 3 is 2.94 bits per heavy atom. The number of hydrogen-bond donors (Lipinski definition) is 1. The molecule has 1 N–H and O–H groups in total. The van der Waals surface area contributed by atoms with Crippen molar-refractivity contribution < 1.29 is 63.4 Å². The van der Waals surface area contributed by atoms with Gasteiger partial charge in [0.2, 0.25) is 6.29 Å². The summed E-state index contributed by atoms with van der Waals surface area (Å²) in [7, 11) is 1.35. The molecule has 5 heteroatoms. The first kappa shape index (κ1) is 14.2. The molecule has 1 radical (unpaired) electrons. The van der Waals surface area contributed by atoms with Gasteiger partial charge < -0.3 is 14.6 Å². The molecule has 3 unspecified atom stereocenters. The second-order valence-electron chi connectivity index (χ2n) is 3.91. The zero-order valence-electron chi connectivity index (χ0n) is 9.34. The monoisotopic (exact) mass is 437 g/mol. The number of hydrogen-bond acceptors (Lipinski definition) is 4. The predicted molar refractivity (Wildman–Crippen MR) is 52.5 cm³/mol. The van der Waals surface area contributed by atoms with Crippen LogP contribution >= 0.6 is 0 Å². The number of methoxy groups -OCH3 is 1. The number of carbonyl (C=O) groups excluding carboxylic acids is 1. The molecule has 1 heterocycles. The van der Waals surface area contributed by atoms with E-state index in [0.717, 1.165) is 12.0 Å². The van der Waals surface area contributed by atoms with Crippen molar-refractivity contribution in [1.29, 1.82) is 0 Å². The Hall–Kier alpha value is 0.152. The van der Waals surface area contributed by atoms with E-state index in [4.69, 9.17) is 4.74 Å². The van der Waals surface area contributed by atoms with E-state index in [1.165, 1.54) is 13.4 Å². The van der Waals surface area contributed by atoms with Gasteiger partial charge in [-0.3, -0.25) is 0 Å². The summed E-state index contributed by atoms with van der Waals surface area (Å²) in [6, 6.07) is 0. The summed E-state index contributed by atoms with van der Waals surface area (Å²) < 4.78 is 9.73. The molecule has 0 aromatic carbocycles. The van der Waals surface area contributed by atoms with Gasteiger partial charge in [0.1, 0.15) is 0 Å². The molecule has 2 rings (SSSR count). The Morgan fingerprint density at radius 2 is 2.31 bits per heavy atom. The van der Waals surface area contributed by atoms with Crippen LogP contribution in [0.15, 0.2) is 23.5 Å². The van der Waals surface area contributed by atoms with Crippen LogP contribution in [0, 0.1) is 55.9 Å². The van der Waals surface area contributed by atoms with Gasteiger partial charge in [-0.25, -0.2) is 4.79 Å². The molecule has 0 aromatic heterocycles. The molecule has 2 aliphatic rings. The molecule has 0 aromatic rings. The quantitative estimate of drug-likeness (QED) is 0.491. The first-order valence-electron chi connectivity index (χ1n) is 4.93. The van der Waals surface area contributed by atoms with Gasteiger partial charge in [0.15, 0.2) is 0 Å². The summed E-state index contributed by atoms with van der Waals surface area (Å²) in [6.45, 7) is 1.94. The minimum absolute atomic E-state index is 0. The third-order valence-corrected chi connectivity index (χ3v) is 3.12. The van der Waals surface area contributed by atoms with E-state index in [9.17, 15) is 9.90 Å². The molecule has 1 aliphatic carbocycles. The van der Waals surface area contributed by atoms with E-state index in [0.29, 0.717) is 5.57 Å². The summed E-state index contributed by atoms with van der Waals surface area (Å²) >= 11 is 0. The fourth-order valence-electron chi connectivity index (χ4n) is 2.29. The molecule has 0 amide bonds. The molecule has 4 nitrogen and oxygen atoms in total. The summed E-state index contributed by atoms with van der Waals surface area (Å²) in [5.74, 6) is -0.481. The number of allylic oxidation sites excluding steroid dienone is 1. The van der Waals surface area contributed by atoms with Crippen molar-refractivity contribution in [2.24, 2.45) is 11.8 Å². The maximum atomic E-state index is 11.4. The van der Waals surface area contributed by atoms with Crippen molar-refractivity contribution in [3.63, 3.8) is 0 Å². The van der Waals surface area contributed by atoms with Gasteiger partial charge in [-0.15, -0.1) is 0 Å². The maximum absolute atomic E-state index is 11.4. The standard InChI is InChI=1S/C11H14O4.Ac/c1-6-3-4-7-8(10(12)14-2)5-15-11(13)9(6)7;/h3,5,7,9,11,13H,4H2,1-2H3;. The number of fused-ring (bicyclic) bond motifs is 1. The van der Waals surface area contributed by atoms with E-state index in [2.05, 4.69) is 4.74 Å². The Morgan fingerprint density at radius 1 is 1.62 bits per heavy atom. The number of aliphatic hydroxyl groups excluding tert-OH is 1. The molecule has 85 valence electrons. The van der Waals surface area contributed by atoms with Crippen LogP contribution in [0.2, 0.25) is 0 Å². The van der Waals surface area contributed by atoms with E-state index in [1.807, 2.05) is 13.0 Å². The van der Waals surface area contributed by atoms with E-state index >= 15 is 0 Å². The first-order chi connectivity index (χ1) is 7.15. The zero-order valence-corrected chi connectivity index (χ0v) is 14.1. The van der Waals surface area contributed by atoms with E-state index in [1.54, 1.807) is 0 Å². The smallest absolute Gasteiger partial charge is 0.337 e. The summed E-state index contributed by atoms with van der Waals surface area (Å²) in [4.78, 5) is 11.4. The van der Waals surface area contributed by atoms with Gasteiger partial charge in [0.25, 0.3) is 0 Å². The molecule has 16 heavy (non-hydrogen) atoms. The normalized spacial score (nSPS) is 31.6. The van der Waals surface area contributed by atoms with Crippen molar-refractivity contribution in [1.82, 2.24) is 0 Å². The topological polar surface area (TPSA) is 55.8 Å². The summed E-state index contributed by atoms with van der Waals surface area (Å²) in [6.07, 6.45) is 3.27. The fraction of sp³-hybridized carbons (Fsp3) is 0.545. The Balaban J connectivity index is 0.00000128. The third kappa shape index (κ3) is 2.37. The van der Waals surface area contributed by atoms with Crippen molar-refractivity contribution in [2.75, 3.05) is 7.11 Å². The third-order valence-electron chi connectivity index (χ3n) is 3.12. The molecule has 0 saturated carbocycles. The molecule has 1 aliphatic heterocycles. The van der Waals surface area contributed by atoms with Gasteiger partial charge in [0.05, 0.1) is 18.9 Å².